The van der Waals surface area contributed by atoms with Crippen molar-refractivity contribution in [1.29, 1.82) is 0 Å². The van der Waals surface area contributed by atoms with Crippen LogP contribution in [0.25, 0.3) is 61.5 Å². The maximum absolute atomic E-state index is 2.41. The van der Waals surface area contributed by atoms with Gasteiger partial charge in [-0.2, -0.15) is 0 Å². The molecule has 0 aliphatic heterocycles. The number of nitrogens with zero attached hydrogens (tertiary/aromatic N) is 2. The van der Waals surface area contributed by atoms with Crippen molar-refractivity contribution in [3.8, 4) is 16.8 Å². The van der Waals surface area contributed by atoms with Gasteiger partial charge < -0.3 is 9.47 Å². The number of rotatable bonds is 6. The Bertz CT molecular complexity index is 2710. The Hall–Kier alpha value is -6.38. The van der Waals surface area contributed by atoms with Gasteiger partial charge >= 0.3 is 0 Å². The third kappa shape index (κ3) is 4.57. The Labute approximate surface area is 298 Å². The Morgan fingerprint density at radius 2 is 1.14 bits per heavy atom. The molecule has 1 aliphatic carbocycles. The minimum atomic E-state index is -0.146. The lowest BCUT2D eigenvalue weighted by Crippen LogP contribution is -2.16. The second kappa shape index (κ2) is 11.3. The molecule has 0 bridgehead atoms. The molecular weight excluding hydrogens is 617 g/mol. The molecule has 242 valence electrons. The lowest BCUT2D eigenvalue weighted by atomic mass is 9.81. The summed E-state index contributed by atoms with van der Waals surface area (Å²) < 4.78 is 2.41. The van der Waals surface area contributed by atoms with Crippen molar-refractivity contribution in [2.24, 2.45) is 0 Å². The van der Waals surface area contributed by atoms with E-state index in [9.17, 15) is 0 Å². The third-order valence-electron chi connectivity index (χ3n) is 10.9. The van der Waals surface area contributed by atoms with Gasteiger partial charge in [-0.15, -0.1) is 0 Å². The molecule has 0 spiro atoms. The first-order chi connectivity index (χ1) is 25.1. The highest BCUT2D eigenvalue weighted by atomic mass is 15.1. The van der Waals surface area contributed by atoms with E-state index in [1.807, 2.05) is 0 Å². The zero-order valence-electron chi connectivity index (χ0n) is 28.7. The molecule has 9 aromatic rings. The zero-order chi connectivity index (χ0) is 34.1. The fraction of sp³-hybridized carbons (Fsp3) is 0.0612. The van der Waals surface area contributed by atoms with Gasteiger partial charge in [0.05, 0.1) is 11.0 Å². The van der Waals surface area contributed by atoms with Crippen LogP contribution in [0, 0.1) is 0 Å². The Balaban J connectivity index is 1.03. The van der Waals surface area contributed by atoms with Crippen molar-refractivity contribution in [2.45, 2.75) is 19.3 Å². The van der Waals surface area contributed by atoms with Crippen LogP contribution in [-0.4, -0.2) is 4.57 Å². The van der Waals surface area contributed by atoms with Gasteiger partial charge in [0.2, 0.25) is 0 Å². The van der Waals surface area contributed by atoms with E-state index in [1.165, 1.54) is 77.3 Å². The number of benzene rings is 8. The second-order valence-electron chi connectivity index (χ2n) is 14.2. The quantitative estimate of drug-likeness (QED) is 0.128. The molecule has 0 atom stereocenters. The second-order valence-corrected chi connectivity index (χ2v) is 14.2. The molecule has 0 saturated heterocycles. The van der Waals surface area contributed by atoms with Crippen molar-refractivity contribution in [3.05, 3.63) is 192 Å². The first-order valence-corrected chi connectivity index (χ1v) is 17.8. The maximum atomic E-state index is 2.41. The molecule has 0 unspecified atom stereocenters. The van der Waals surface area contributed by atoms with Crippen LogP contribution in [0.4, 0.5) is 17.1 Å². The average Bonchev–Trinajstić information content (AvgIpc) is 3.63. The SMILES string of the molecule is CC1(C)c2cc(C=Cc3ccc4c5c3ccc3cccc(c35)n4-c3ccccc3)ccc2-c2ccc(N(c3ccccc3)c3ccccc3)cc21. The summed E-state index contributed by atoms with van der Waals surface area (Å²) >= 11 is 0. The van der Waals surface area contributed by atoms with Crippen LogP contribution in [0.1, 0.15) is 36.1 Å². The number of hydrogen-bond acceptors (Lipinski definition) is 1. The summed E-state index contributed by atoms with van der Waals surface area (Å²) in [4.78, 5) is 2.35. The van der Waals surface area contributed by atoms with Gasteiger partial charge in [0.25, 0.3) is 0 Å². The number of hydrogen-bond donors (Lipinski definition) is 0. The summed E-state index contributed by atoms with van der Waals surface area (Å²) in [5.74, 6) is 0. The number of aromatic nitrogens is 1. The first kappa shape index (κ1) is 29.5. The van der Waals surface area contributed by atoms with E-state index < -0.39 is 0 Å². The van der Waals surface area contributed by atoms with E-state index in [-0.39, 0.29) is 5.41 Å². The van der Waals surface area contributed by atoms with E-state index in [0.29, 0.717) is 0 Å². The van der Waals surface area contributed by atoms with Gasteiger partial charge in [-0.1, -0.05) is 135 Å². The molecule has 0 fully saturated rings. The molecule has 0 amide bonds. The lowest BCUT2D eigenvalue weighted by Gasteiger charge is -2.28. The van der Waals surface area contributed by atoms with Crippen molar-refractivity contribution < 1.29 is 0 Å². The normalized spacial score (nSPS) is 13.4. The van der Waals surface area contributed by atoms with Crippen LogP contribution in [0.2, 0.25) is 0 Å². The van der Waals surface area contributed by atoms with Crippen molar-refractivity contribution in [2.75, 3.05) is 4.90 Å². The lowest BCUT2D eigenvalue weighted by molar-refractivity contribution is 0.660. The molecule has 2 nitrogen and oxygen atoms in total. The summed E-state index contributed by atoms with van der Waals surface area (Å²) in [6.07, 6.45) is 4.58. The van der Waals surface area contributed by atoms with E-state index in [2.05, 4.69) is 205 Å². The van der Waals surface area contributed by atoms with Crippen LogP contribution < -0.4 is 4.90 Å². The van der Waals surface area contributed by atoms with Gasteiger partial charge in [-0.3, -0.25) is 0 Å². The number of fused-ring (bicyclic) bond motifs is 3. The van der Waals surface area contributed by atoms with Crippen LogP contribution in [0.3, 0.4) is 0 Å². The van der Waals surface area contributed by atoms with Crippen molar-refractivity contribution in [1.82, 2.24) is 4.57 Å². The average molecular weight is 653 g/mol. The van der Waals surface area contributed by atoms with Crippen LogP contribution in [0.15, 0.2) is 170 Å². The fourth-order valence-electron chi connectivity index (χ4n) is 8.48. The molecule has 0 radical (unpaired) electrons. The van der Waals surface area contributed by atoms with E-state index in [0.717, 1.165) is 11.4 Å². The molecule has 1 aliphatic rings. The molecule has 10 rings (SSSR count). The van der Waals surface area contributed by atoms with Gasteiger partial charge in [-0.25, -0.2) is 0 Å². The van der Waals surface area contributed by atoms with Crippen LogP contribution >= 0.6 is 0 Å². The number of anilines is 3. The molecule has 51 heavy (non-hydrogen) atoms. The highest BCUT2D eigenvalue weighted by Crippen LogP contribution is 2.51. The summed E-state index contributed by atoms with van der Waals surface area (Å²) in [6, 6.07) is 61.8. The largest absolute Gasteiger partial charge is 0.310 e. The molecule has 1 aromatic heterocycles. The van der Waals surface area contributed by atoms with Gasteiger partial charge in [0.15, 0.2) is 0 Å². The minimum absolute atomic E-state index is 0.146. The standard InChI is InChI=1S/C49H36N2/c1-49(2)43-31-33(22-27-41(43)42-29-26-39(32-44(42)49)50(36-14-6-3-7-15-36)37-16-8-4-9-17-37)21-23-34-25-30-46-48-40(34)28-24-35-13-12-20-45(47(35)48)51(46)38-18-10-5-11-19-38/h3-32H,1-2H3. The highest BCUT2D eigenvalue weighted by Gasteiger charge is 2.36. The van der Waals surface area contributed by atoms with E-state index >= 15 is 0 Å². The molecular formula is C49H36N2. The summed E-state index contributed by atoms with van der Waals surface area (Å²) in [5.41, 5.74) is 14.8. The van der Waals surface area contributed by atoms with Gasteiger partial charge in [0, 0.05) is 38.9 Å². The Morgan fingerprint density at radius 3 is 1.86 bits per heavy atom. The Morgan fingerprint density at radius 1 is 0.490 bits per heavy atom. The monoisotopic (exact) mass is 652 g/mol. The third-order valence-corrected chi connectivity index (χ3v) is 10.9. The molecule has 2 heteroatoms. The zero-order valence-corrected chi connectivity index (χ0v) is 28.7. The van der Waals surface area contributed by atoms with Crippen LogP contribution in [-0.2, 0) is 5.41 Å². The summed E-state index contributed by atoms with van der Waals surface area (Å²) in [5, 5.41) is 5.22. The van der Waals surface area contributed by atoms with Crippen molar-refractivity contribution in [3.63, 3.8) is 0 Å². The molecule has 1 heterocycles. The predicted molar refractivity (Wildman–Crippen MR) is 217 cm³/mol. The summed E-state index contributed by atoms with van der Waals surface area (Å²) in [7, 11) is 0. The maximum Gasteiger partial charge on any atom is 0.0547 e. The van der Waals surface area contributed by atoms with Gasteiger partial charge in [0.1, 0.15) is 0 Å². The first-order valence-electron chi connectivity index (χ1n) is 17.8. The van der Waals surface area contributed by atoms with Crippen molar-refractivity contribution >= 4 is 61.8 Å². The minimum Gasteiger partial charge on any atom is -0.310 e. The number of para-hydroxylation sites is 3. The molecule has 8 aromatic carbocycles. The predicted octanol–water partition coefficient (Wildman–Crippen LogP) is 13.3. The van der Waals surface area contributed by atoms with E-state index in [1.54, 1.807) is 0 Å². The summed E-state index contributed by atoms with van der Waals surface area (Å²) in [6.45, 7) is 4.74. The smallest absolute Gasteiger partial charge is 0.0547 e. The molecule has 0 saturated carbocycles. The van der Waals surface area contributed by atoms with Gasteiger partial charge in [-0.05, 0) is 105 Å². The highest BCUT2D eigenvalue weighted by molar-refractivity contribution is 6.25. The van der Waals surface area contributed by atoms with Crippen LogP contribution in [0.5, 0.6) is 0 Å². The Kier molecular flexibility index (Phi) is 6.56. The molecule has 0 N–H and O–H groups in total. The van der Waals surface area contributed by atoms with E-state index in [4.69, 9.17) is 0 Å². The topological polar surface area (TPSA) is 8.17 Å². The fourth-order valence-corrected chi connectivity index (χ4v) is 8.48.